The Labute approximate surface area is 157 Å². The summed E-state index contributed by atoms with van der Waals surface area (Å²) in [5.74, 6) is 0.330. The van der Waals surface area contributed by atoms with Gasteiger partial charge in [-0.25, -0.2) is 4.79 Å². The number of hydrogen-bond donors (Lipinski definition) is 0. The summed E-state index contributed by atoms with van der Waals surface area (Å²) in [6.07, 6.45) is 10.4. The molecular weight excluding hydrogens is 320 g/mol. The van der Waals surface area contributed by atoms with Gasteiger partial charge in [0.25, 0.3) is 0 Å². The standard InChI is InChI=1S/C24H30O2/c1-3-4-16-24(17-6-5-7-18-24)21-12-14-22(15-13-21)26-23(25)20-10-8-19(2)9-11-20/h8-15H,3-7,16-18H2,1-2H3. The van der Waals surface area contributed by atoms with Crippen LogP contribution in [0.25, 0.3) is 0 Å². The first-order valence-corrected chi connectivity index (χ1v) is 10.0. The zero-order valence-corrected chi connectivity index (χ0v) is 16.1. The lowest BCUT2D eigenvalue weighted by Gasteiger charge is -2.38. The molecular formula is C24H30O2. The van der Waals surface area contributed by atoms with E-state index in [-0.39, 0.29) is 5.97 Å². The molecule has 2 aromatic carbocycles. The first-order chi connectivity index (χ1) is 12.6. The van der Waals surface area contributed by atoms with Gasteiger partial charge in [-0.2, -0.15) is 0 Å². The average Bonchev–Trinajstić information content (AvgIpc) is 2.68. The van der Waals surface area contributed by atoms with Crippen molar-refractivity contribution in [1.29, 1.82) is 0 Å². The van der Waals surface area contributed by atoms with Crippen molar-refractivity contribution >= 4 is 5.97 Å². The molecule has 1 fully saturated rings. The molecule has 0 bridgehead atoms. The highest BCUT2D eigenvalue weighted by atomic mass is 16.5. The normalized spacial score (nSPS) is 16.2. The molecule has 138 valence electrons. The number of benzene rings is 2. The monoisotopic (exact) mass is 350 g/mol. The largest absolute Gasteiger partial charge is 0.423 e. The van der Waals surface area contributed by atoms with Gasteiger partial charge in [0.15, 0.2) is 0 Å². The highest BCUT2D eigenvalue weighted by molar-refractivity contribution is 5.91. The summed E-state index contributed by atoms with van der Waals surface area (Å²) in [6.45, 7) is 4.28. The summed E-state index contributed by atoms with van der Waals surface area (Å²) in [5.41, 5.74) is 3.47. The molecule has 3 rings (SSSR count). The lowest BCUT2D eigenvalue weighted by molar-refractivity contribution is 0.0734. The molecule has 1 aliphatic rings. The molecule has 0 radical (unpaired) electrons. The van der Waals surface area contributed by atoms with Gasteiger partial charge in [0.2, 0.25) is 0 Å². The third-order valence-electron chi connectivity index (χ3n) is 5.78. The van der Waals surface area contributed by atoms with Crippen LogP contribution in [0.1, 0.15) is 79.8 Å². The second-order valence-corrected chi connectivity index (χ2v) is 7.72. The lowest BCUT2D eigenvalue weighted by Crippen LogP contribution is -2.29. The highest BCUT2D eigenvalue weighted by Crippen LogP contribution is 2.43. The van der Waals surface area contributed by atoms with E-state index in [1.165, 1.54) is 56.9 Å². The van der Waals surface area contributed by atoms with Crippen molar-refractivity contribution in [2.75, 3.05) is 0 Å². The van der Waals surface area contributed by atoms with Crippen LogP contribution in [0.3, 0.4) is 0 Å². The number of esters is 1. The van der Waals surface area contributed by atoms with E-state index in [0.29, 0.717) is 16.7 Å². The molecule has 0 atom stereocenters. The smallest absolute Gasteiger partial charge is 0.343 e. The maximum absolute atomic E-state index is 12.3. The van der Waals surface area contributed by atoms with Gasteiger partial charge < -0.3 is 4.74 Å². The Bertz CT molecular complexity index is 707. The fraction of sp³-hybridized carbons (Fsp3) is 0.458. The zero-order chi connectivity index (χ0) is 18.4. The number of hydrogen-bond acceptors (Lipinski definition) is 2. The van der Waals surface area contributed by atoms with E-state index in [2.05, 4.69) is 19.1 Å². The van der Waals surface area contributed by atoms with Gasteiger partial charge in [0, 0.05) is 0 Å². The molecule has 1 aliphatic carbocycles. The summed E-state index contributed by atoms with van der Waals surface area (Å²) in [7, 11) is 0. The van der Waals surface area contributed by atoms with Crippen LogP contribution in [0.15, 0.2) is 48.5 Å². The second-order valence-electron chi connectivity index (χ2n) is 7.72. The van der Waals surface area contributed by atoms with Crippen LogP contribution in [0.2, 0.25) is 0 Å². The molecule has 2 heteroatoms. The van der Waals surface area contributed by atoms with Crippen molar-refractivity contribution in [1.82, 2.24) is 0 Å². The van der Waals surface area contributed by atoms with Gasteiger partial charge in [-0.05, 0) is 61.4 Å². The number of carbonyl (C=O) groups is 1. The maximum Gasteiger partial charge on any atom is 0.343 e. The van der Waals surface area contributed by atoms with Crippen LogP contribution in [0, 0.1) is 6.92 Å². The van der Waals surface area contributed by atoms with Crippen molar-refractivity contribution in [3.63, 3.8) is 0 Å². The van der Waals surface area contributed by atoms with Gasteiger partial charge >= 0.3 is 5.97 Å². The van der Waals surface area contributed by atoms with Gasteiger partial charge in [-0.15, -0.1) is 0 Å². The van der Waals surface area contributed by atoms with E-state index in [9.17, 15) is 4.79 Å². The number of rotatable bonds is 6. The van der Waals surface area contributed by atoms with E-state index < -0.39 is 0 Å². The van der Waals surface area contributed by atoms with Crippen LogP contribution in [-0.4, -0.2) is 5.97 Å². The fourth-order valence-corrected chi connectivity index (χ4v) is 4.16. The van der Waals surface area contributed by atoms with Gasteiger partial charge in [0.05, 0.1) is 5.56 Å². The molecule has 0 aromatic heterocycles. The van der Waals surface area contributed by atoms with E-state index in [0.717, 1.165) is 5.56 Å². The minimum atomic E-state index is -0.295. The summed E-state index contributed by atoms with van der Waals surface area (Å²) in [5, 5.41) is 0. The third-order valence-corrected chi connectivity index (χ3v) is 5.78. The van der Waals surface area contributed by atoms with Crippen molar-refractivity contribution < 1.29 is 9.53 Å². The molecule has 2 aromatic rings. The fourth-order valence-electron chi connectivity index (χ4n) is 4.16. The average molecular weight is 351 g/mol. The van der Waals surface area contributed by atoms with E-state index in [1.54, 1.807) is 0 Å². The lowest BCUT2D eigenvalue weighted by atomic mass is 9.67. The minimum Gasteiger partial charge on any atom is -0.423 e. The molecule has 26 heavy (non-hydrogen) atoms. The van der Waals surface area contributed by atoms with Crippen LogP contribution in [0.5, 0.6) is 5.75 Å². The SMILES string of the molecule is CCCCC1(c2ccc(OC(=O)c3ccc(C)cc3)cc2)CCCCC1. The van der Waals surface area contributed by atoms with E-state index in [4.69, 9.17) is 4.74 Å². The highest BCUT2D eigenvalue weighted by Gasteiger charge is 2.33. The summed E-state index contributed by atoms with van der Waals surface area (Å²) in [4.78, 5) is 12.3. The van der Waals surface area contributed by atoms with E-state index >= 15 is 0 Å². The molecule has 0 spiro atoms. The Morgan fingerprint density at radius 1 is 0.962 bits per heavy atom. The Balaban J connectivity index is 1.72. The topological polar surface area (TPSA) is 26.3 Å². The molecule has 0 N–H and O–H groups in total. The van der Waals surface area contributed by atoms with Gasteiger partial charge in [0.1, 0.15) is 5.75 Å². The van der Waals surface area contributed by atoms with Crippen molar-refractivity contribution in [3.8, 4) is 5.75 Å². The molecule has 0 amide bonds. The number of aryl methyl sites for hydroxylation is 1. The molecule has 2 nitrogen and oxygen atoms in total. The second kappa shape index (κ2) is 8.53. The Hall–Kier alpha value is -2.09. The Morgan fingerprint density at radius 2 is 1.62 bits per heavy atom. The first-order valence-electron chi connectivity index (χ1n) is 10.0. The van der Waals surface area contributed by atoms with Crippen molar-refractivity contribution in [2.24, 2.45) is 0 Å². The molecule has 0 heterocycles. The van der Waals surface area contributed by atoms with Crippen molar-refractivity contribution in [3.05, 3.63) is 65.2 Å². The Morgan fingerprint density at radius 3 is 2.23 bits per heavy atom. The summed E-state index contributed by atoms with van der Waals surface area (Å²) in [6, 6.07) is 15.8. The minimum absolute atomic E-state index is 0.295. The van der Waals surface area contributed by atoms with Crippen LogP contribution >= 0.6 is 0 Å². The van der Waals surface area contributed by atoms with E-state index in [1.807, 2.05) is 43.3 Å². The molecule has 0 aliphatic heterocycles. The number of carbonyl (C=O) groups excluding carboxylic acids is 1. The zero-order valence-electron chi connectivity index (χ0n) is 16.1. The van der Waals surface area contributed by atoms with Crippen molar-refractivity contribution in [2.45, 2.75) is 70.6 Å². The Kier molecular flexibility index (Phi) is 6.13. The van der Waals surface area contributed by atoms with Gasteiger partial charge in [-0.1, -0.05) is 68.9 Å². The number of unbranched alkanes of at least 4 members (excludes halogenated alkanes) is 1. The number of ether oxygens (including phenoxy) is 1. The predicted octanol–water partition coefficient (Wildman–Crippen LogP) is 6.61. The molecule has 0 unspecified atom stereocenters. The third kappa shape index (κ3) is 4.35. The maximum atomic E-state index is 12.3. The van der Waals surface area contributed by atoms with Crippen LogP contribution in [0.4, 0.5) is 0 Å². The quantitative estimate of drug-likeness (QED) is 0.433. The first kappa shape index (κ1) is 18.7. The summed E-state index contributed by atoms with van der Waals surface area (Å²) >= 11 is 0. The molecule has 0 saturated heterocycles. The van der Waals surface area contributed by atoms with Gasteiger partial charge in [-0.3, -0.25) is 0 Å². The predicted molar refractivity (Wildman–Crippen MR) is 107 cm³/mol. The van der Waals surface area contributed by atoms with Crippen LogP contribution < -0.4 is 4.74 Å². The molecule has 1 saturated carbocycles. The van der Waals surface area contributed by atoms with Crippen LogP contribution in [-0.2, 0) is 5.41 Å². The summed E-state index contributed by atoms with van der Waals surface area (Å²) < 4.78 is 5.56.